The molecule has 1 aliphatic heterocycles. The third-order valence-electron chi connectivity index (χ3n) is 6.94. The monoisotopic (exact) mass is 482 g/mol. The molecule has 0 radical (unpaired) electrons. The van der Waals surface area contributed by atoms with Gasteiger partial charge in [-0.05, 0) is 50.0 Å². The van der Waals surface area contributed by atoms with Gasteiger partial charge in [0.1, 0.15) is 0 Å². The van der Waals surface area contributed by atoms with Crippen molar-refractivity contribution in [2.45, 2.75) is 57.0 Å². The van der Waals surface area contributed by atoms with Gasteiger partial charge in [-0.25, -0.2) is 5.43 Å². The van der Waals surface area contributed by atoms with E-state index in [-0.39, 0.29) is 29.4 Å². The molecule has 0 spiro atoms. The van der Waals surface area contributed by atoms with E-state index in [4.69, 9.17) is 0 Å². The highest BCUT2D eigenvalue weighted by molar-refractivity contribution is 14.0. The van der Waals surface area contributed by atoms with E-state index in [2.05, 4.69) is 58.1 Å². The van der Waals surface area contributed by atoms with Crippen LogP contribution >= 0.6 is 24.0 Å². The molecule has 2 saturated carbocycles. The Morgan fingerprint density at radius 2 is 2.07 bits per heavy atom. The van der Waals surface area contributed by atoms with Gasteiger partial charge in [-0.3, -0.25) is 4.99 Å². The van der Waals surface area contributed by atoms with Gasteiger partial charge in [-0.2, -0.15) is 5.10 Å². The molecule has 0 amide bonds. The summed E-state index contributed by atoms with van der Waals surface area (Å²) in [5.74, 6) is 1.53. The molecule has 1 aromatic rings. The molecule has 0 unspecified atom stereocenters. The number of benzene rings is 1. The minimum Gasteiger partial charge on any atom is -0.389 e. The second-order valence-corrected chi connectivity index (χ2v) is 8.35. The SMILES string of the molecule is C[C@]12CC[C@H](c3ccccc3)C[C@@]1(O)CC[C@@H]2/C=N/NC1=NCCCN1.I. The molecule has 4 atom stereocenters. The summed E-state index contributed by atoms with van der Waals surface area (Å²) in [5, 5.41) is 19.2. The number of aliphatic imine (C=N–C) groups is 1. The summed E-state index contributed by atoms with van der Waals surface area (Å²) in [6, 6.07) is 10.7. The molecular weight excluding hydrogens is 451 g/mol. The van der Waals surface area contributed by atoms with Gasteiger partial charge in [-0.15, -0.1) is 24.0 Å². The van der Waals surface area contributed by atoms with Gasteiger partial charge in [0.15, 0.2) is 0 Å². The highest BCUT2D eigenvalue weighted by Gasteiger charge is 2.58. The van der Waals surface area contributed by atoms with Gasteiger partial charge < -0.3 is 10.4 Å². The van der Waals surface area contributed by atoms with Crippen LogP contribution in [0.2, 0.25) is 0 Å². The van der Waals surface area contributed by atoms with Gasteiger partial charge in [0.25, 0.3) is 0 Å². The number of hydrazone groups is 1. The van der Waals surface area contributed by atoms with Crippen LogP contribution in [0.1, 0.15) is 56.9 Å². The van der Waals surface area contributed by atoms with Crippen LogP contribution in [0.5, 0.6) is 0 Å². The number of rotatable bonds is 3. The van der Waals surface area contributed by atoms with Crippen molar-refractivity contribution in [1.82, 2.24) is 10.7 Å². The van der Waals surface area contributed by atoms with Gasteiger partial charge >= 0.3 is 0 Å². The number of nitrogens with one attached hydrogen (secondary N) is 2. The van der Waals surface area contributed by atoms with Gasteiger partial charge in [0.2, 0.25) is 5.96 Å². The van der Waals surface area contributed by atoms with Crippen LogP contribution in [0.4, 0.5) is 0 Å². The van der Waals surface area contributed by atoms with Crippen molar-refractivity contribution >= 4 is 36.2 Å². The largest absolute Gasteiger partial charge is 0.389 e. The summed E-state index contributed by atoms with van der Waals surface area (Å²) in [5.41, 5.74) is 3.71. The first-order valence-electron chi connectivity index (χ1n) is 9.96. The van der Waals surface area contributed by atoms with Crippen molar-refractivity contribution in [2.24, 2.45) is 21.4 Å². The lowest BCUT2D eigenvalue weighted by molar-refractivity contribution is -0.0957. The maximum absolute atomic E-state index is 11.5. The first-order valence-corrected chi connectivity index (χ1v) is 9.96. The third-order valence-corrected chi connectivity index (χ3v) is 6.94. The zero-order chi connectivity index (χ0) is 18.0. The van der Waals surface area contributed by atoms with Crippen molar-refractivity contribution in [2.75, 3.05) is 13.1 Å². The minimum atomic E-state index is -0.594. The minimum absolute atomic E-state index is 0. The van der Waals surface area contributed by atoms with Crippen LogP contribution in [0.15, 0.2) is 40.4 Å². The average molecular weight is 482 g/mol. The summed E-state index contributed by atoms with van der Waals surface area (Å²) >= 11 is 0. The molecule has 6 heteroatoms. The Labute approximate surface area is 179 Å². The molecule has 148 valence electrons. The van der Waals surface area contributed by atoms with Crippen LogP contribution in [0.25, 0.3) is 0 Å². The smallest absolute Gasteiger partial charge is 0.212 e. The maximum atomic E-state index is 11.5. The van der Waals surface area contributed by atoms with E-state index in [0.29, 0.717) is 11.8 Å². The summed E-state index contributed by atoms with van der Waals surface area (Å²) in [4.78, 5) is 4.38. The number of fused-ring (bicyclic) bond motifs is 1. The molecule has 1 heterocycles. The molecule has 2 fully saturated rings. The summed E-state index contributed by atoms with van der Waals surface area (Å²) in [6.45, 7) is 4.06. The number of hydrogen-bond acceptors (Lipinski definition) is 5. The van der Waals surface area contributed by atoms with Gasteiger partial charge in [0.05, 0.1) is 5.60 Å². The predicted octanol–water partition coefficient (Wildman–Crippen LogP) is 3.64. The van der Waals surface area contributed by atoms with Crippen LogP contribution in [0, 0.1) is 11.3 Å². The van der Waals surface area contributed by atoms with Crippen molar-refractivity contribution in [1.29, 1.82) is 0 Å². The Bertz CT molecular complexity index is 695. The first kappa shape index (κ1) is 20.6. The lowest BCUT2D eigenvalue weighted by Crippen LogP contribution is -2.49. The Hall–Kier alpha value is -1.15. The second kappa shape index (κ2) is 8.47. The number of nitrogens with zero attached hydrogens (tertiary/aromatic N) is 2. The zero-order valence-corrected chi connectivity index (χ0v) is 18.4. The molecule has 4 rings (SSSR count). The second-order valence-electron chi connectivity index (χ2n) is 8.35. The van der Waals surface area contributed by atoms with E-state index in [1.165, 1.54) is 5.56 Å². The maximum Gasteiger partial charge on any atom is 0.212 e. The highest BCUT2D eigenvalue weighted by Crippen LogP contribution is 2.60. The molecule has 3 aliphatic rings. The van der Waals surface area contributed by atoms with Crippen molar-refractivity contribution in [3.8, 4) is 0 Å². The molecule has 0 aromatic heterocycles. The fourth-order valence-electron chi connectivity index (χ4n) is 5.13. The first-order chi connectivity index (χ1) is 12.6. The fourth-order valence-corrected chi connectivity index (χ4v) is 5.13. The Morgan fingerprint density at radius 1 is 1.26 bits per heavy atom. The van der Waals surface area contributed by atoms with Crippen LogP contribution in [-0.4, -0.2) is 36.0 Å². The lowest BCUT2D eigenvalue weighted by Gasteiger charge is -2.49. The Morgan fingerprint density at radius 3 is 2.81 bits per heavy atom. The number of halogens is 1. The van der Waals surface area contributed by atoms with Gasteiger partial charge in [-0.1, -0.05) is 37.3 Å². The van der Waals surface area contributed by atoms with Crippen molar-refractivity contribution < 1.29 is 5.11 Å². The molecule has 3 N–H and O–H groups in total. The summed E-state index contributed by atoms with van der Waals surface area (Å²) in [6.07, 6.45) is 7.99. The molecule has 0 saturated heterocycles. The summed E-state index contributed by atoms with van der Waals surface area (Å²) < 4.78 is 0. The predicted molar refractivity (Wildman–Crippen MR) is 121 cm³/mol. The normalized spacial score (nSPS) is 35.7. The van der Waals surface area contributed by atoms with E-state index in [0.717, 1.165) is 57.6 Å². The van der Waals surface area contributed by atoms with E-state index in [1.54, 1.807) is 0 Å². The van der Waals surface area contributed by atoms with E-state index >= 15 is 0 Å². The van der Waals surface area contributed by atoms with E-state index in [9.17, 15) is 5.11 Å². The lowest BCUT2D eigenvalue weighted by atomic mass is 9.59. The van der Waals surface area contributed by atoms with E-state index < -0.39 is 5.60 Å². The van der Waals surface area contributed by atoms with Crippen LogP contribution in [-0.2, 0) is 0 Å². The highest BCUT2D eigenvalue weighted by atomic mass is 127. The number of guanidine groups is 1. The fraction of sp³-hybridized carbons (Fsp3) is 0.619. The van der Waals surface area contributed by atoms with Crippen molar-refractivity contribution in [3.63, 3.8) is 0 Å². The van der Waals surface area contributed by atoms with E-state index in [1.807, 2.05) is 6.21 Å². The standard InChI is InChI=1S/C21H30N4O.HI/c1-20-10-8-17(16-6-3-2-4-7-16)14-21(20,26)11-9-18(20)15-24-25-19-22-12-5-13-23-19;/h2-4,6-7,15,17-18,26H,5,8-14H2,1H3,(H2,22,23,25);1H/b24-15+;/t17-,18+,20+,21-;/m0./s1. The Balaban J connectivity index is 0.00000210. The molecule has 27 heavy (non-hydrogen) atoms. The zero-order valence-electron chi connectivity index (χ0n) is 16.0. The molecule has 0 bridgehead atoms. The Kier molecular flexibility index (Phi) is 6.46. The van der Waals surface area contributed by atoms with Crippen LogP contribution in [0.3, 0.4) is 0 Å². The summed E-state index contributed by atoms with van der Waals surface area (Å²) in [7, 11) is 0. The molecular formula is C21H31IN4O. The molecule has 1 aromatic carbocycles. The van der Waals surface area contributed by atoms with Crippen molar-refractivity contribution in [3.05, 3.63) is 35.9 Å². The number of aliphatic hydroxyl groups is 1. The van der Waals surface area contributed by atoms with Crippen LogP contribution < -0.4 is 10.7 Å². The molecule has 2 aliphatic carbocycles. The number of hydrogen-bond donors (Lipinski definition) is 3. The topological polar surface area (TPSA) is 69.0 Å². The van der Waals surface area contributed by atoms with Gasteiger partial charge in [0, 0.05) is 30.6 Å². The molecule has 5 nitrogen and oxygen atoms in total. The quantitative estimate of drug-likeness (QED) is 0.350. The average Bonchev–Trinajstić information content (AvgIpc) is 2.94. The third kappa shape index (κ3) is 4.01.